The molecule has 0 aromatic carbocycles. The van der Waals surface area contributed by atoms with Crippen molar-refractivity contribution in [3.8, 4) is 0 Å². The Morgan fingerprint density at radius 1 is 1.07 bits per heavy atom. The average Bonchev–Trinajstić information content (AvgIpc) is 2.10. The smallest absolute Gasteiger partial charge is 0.128 e. The molecule has 5 nitrogen and oxygen atoms in total. The van der Waals surface area contributed by atoms with Crippen molar-refractivity contribution in [2.75, 3.05) is 13.2 Å². The van der Waals surface area contributed by atoms with E-state index in [2.05, 4.69) is 0 Å². The van der Waals surface area contributed by atoms with Crippen molar-refractivity contribution in [3.05, 3.63) is 0 Å². The zero-order valence-electron chi connectivity index (χ0n) is 9.01. The van der Waals surface area contributed by atoms with Crippen LogP contribution in [-0.2, 0) is 9.47 Å². The van der Waals surface area contributed by atoms with Crippen molar-refractivity contribution >= 4 is 0 Å². The van der Waals surface area contributed by atoms with Crippen LogP contribution in [-0.4, -0.2) is 48.0 Å². The number of hydrogen-bond acceptors (Lipinski definition) is 5. The molecule has 5 heteroatoms. The third-order valence-electron chi connectivity index (χ3n) is 1.70. The Bertz CT molecular complexity index is 141. The summed E-state index contributed by atoms with van der Waals surface area (Å²) in [6.07, 6.45) is -1.98. The Kier molecular flexibility index (Phi) is 7.04. The average molecular weight is 207 g/mol. The van der Waals surface area contributed by atoms with Crippen molar-refractivity contribution in [1.82, 2.24) is 0 Å². The lowest BCUT2D eigenvalue weighted by atomic mass is 10.3. The largest absolute Gasteiger partial charge is 0.391 e. The molecule has 0 bridgehead atoms. The molecule has 0 saturated heterocycles. The number of aliphatic hydroxyl groups excluding tert-OH is 2. The van der Waals surface area contributed by atoms with Crippen LogP contribution in [0.5, 0.6) is 0 Å². The van der Waals surface area contributed by atoms with Crippen molar-refractivity contribution in [1.29, 1.82) is 0 Å². The highest BCUT2D eigenvalue weighted by Crippen LogP contribution is 1.99. The Labute approximate surface area is 84.8 Å². The second-order valence-corrected chi connectivity index (χ2v) is 3.52. The van der Waals surface area contributed by atoms with E-state index in [0.717, 1.165) is 0 Å². The molecule has 0 spiro atoms. The van der Waals surface area contributed by atoms with Crippen LogP contribution in [0.4, 0.5) is 0 Å². The lowest BCUT2D eigenvalue weighted by Gasteiger charge is -2.19. The number of aliphatic hydroxyl groups is 2. The van der Waals surface area contributed by atoms with Gasteiger partial charge in [-0.2, -0.15) is 0 Å². The molecule has 0 saturated carbocycles. The second kappa shape index (κ2) is 7.14. The van der Waals surface area contributed by atoms with Gasteiger partial charge >= 0.3 is 0 Å². The van der Waals surface area contributed by atoms with E-state index in [1.54, 1.807) is 13.8 Å². The van der Waals surface area contributed by atoms with Crippen LogP contribution in [0.25, 0.3) is 0 Å². The van der Waals surface area contributed by atoms with E-state index >= 15 is 0 Å². The fraction of sp³-hybridized carbons (Fsp3) is 1.00. The van der Waals surface area contributed by atoms with Gasteiger partial charge in [0, 0.05) is 0 Å². The first kappa shape index (κ1) is 13.8. The van der Waals surface area contributed by atoms with Gasteiger partial charge in [-0.25, -0.2) is 0 Å². The highest BCUT2D eigenvalue weighted by molar-refractivity contribution is 4.57. The van der Waals surface area contributed by atoms with E-state index in [1.807, 2.05) is 6.92 Å². The summed E-state index contributed by atoms with van der Waals surface area (Å²) in [6, 6.07) is 0. The summed E-state index contributed by atoms with van der Waals surface area (Å²) in [5, 5.41) is 17.9. The van der Waals surface area contributed by atoms with Crippen LogP contribution in [0.1, 0.15) is 20.8 Å². The van der Waals surface area contributed by atoms with Gasteiger partial charge in [0.25, 0.3) is 0 Å². The molecule has 0 aliphatic rings. The van der Waals surface area contributed by atoms with Crippen LogP contribution >= 0.6 is 0 Å². The van der Waals surface area contributed by atoms with Gasteiger partial charge in [0.05, 0.1) is 31.5 Å². The molecule has 0 fully saturated rings. The molecule has 0 rings (SSSR count). The van der Waals surface area contributed by atoms with Gasteiger partial charge in [-0.1, -0.05) is 0 Å². The molecular weight excluding hydrogens is 186 g/mol. The number of nitrogens with two attached hydrogens (primary N) is 1. The summed E-state index contributed by atoms with van der Waals surface area (Å²) < 4.78 is 10.5. The summed E-state index contributed by atoms with van der Waals surface area (Å²) in [7, 11) is 0. The van der Waals surface area contributed by atoms with E-state index < -0.39 is 18.4 Å². The van der Waals surface area contributed by atoms with Gasteiger partial charge in [0.1, 0.15) is 6.23 Å². The molecule has 4 atom stereocenters. The van der Waals surface area contributed by atoms with Crippen LogP contribution in [0.3, 0.4) is 0 Å². The van der Waals surface area contributed by atoms with Crippen molar-refractivity contribution < 1.29 is 19.7 Å². The van der Waals surface area contributed by atoms with Gasteiger partial charge in [-0.15, -0.1) is 0 Å². The van der Waals surface area contributed by atoms with E-state index in [-0.39, 0.29) is 12.7 Å². The predicted octanol–water partition coefficient (Wildman–Crippen LogP) is -0.545. The summed E-state index contributed by atoms with van der Waals surface area (Å²) in [5.74, 6) is 0. The highest BCUT2D eigenvalue weighted by Gasteiger charge is 2.12. The summed E-state index contributed by atoms with van der Waals surface area (Å²) in [5.41, 5.74) is 5.19. The molecule has 0 aromatic rings. The lowest BCUT2D eigenvalue weighted by molar-refractivity contribution is -0.0799. The van der Waals surface area contributed by atoms with Crippen LogP contribution in [0, 0.1) is 0 Å². The number of rotatable bonds is 7. The summed E-state index contributed by atoms with van der Waals surface area (Å²) in [6.45, 7) is 5.80. The quantitative estimate of drug-likeness (QED) is 0.488. The maximum absolute atomic E-state index is 8.94. The Morgan fingerprint density at radius 3 is 2.07 bits per heavy atom. The third kappa shape index (κ3) is 7.23. The molecule has 4 unspecified atom stereocenters. The predicted molar refractivity (Wildman–Crippen MR) is 52.7 cm³/mol. The van der Waals surface area contributed by atoms with E-state index in [9.17, 15) is 0 Å². The monoisotopic (exact) mass is 207 g/mol. The molecule has 0 amide bonds. The molecule has 0 radical (unpaired) electrons. The molecule has 4 N–H and O–H groups in total. The molecule has 0 aliphatic carbocycles. The topological polar surface area (TPSA) is 84.9 Å². The van der Waals surface area contributed by atoms with Crippen LogP contribution in [0.15, 0.2) is 0 Å². The van der Waals surface area contributed by atoms with Gasteiger partial charge in [-0.3, -0.25) is 0 Å². The Hall–Kier alpha value is -0.200. The first-order valence-electron chi connectivity index (χ1n) is 4.78. The first-order valence-corrected chi connectivity index (χ1v) is 4.78. The molecule has 0 aliphatic heterocycles. The Morgan fingerprint density at radius 2 is 1.64 bits per heavy atom. The highest BCUT2D eigenvalue weighted by atomic mass is 16.5. The Balaban J connectivity index is 3.48. The van der Waals surface area contributed by atoms with E-state index in [1.165, 1.54) is 0 Å². The lowest BCUT2D eigenvalue weighted by Crippen LogP contribution is -2.36. The van der Waals surface area contributed by atoms with Crippen molar-refractivity contribution in [2.45, 2.75) is 45.3 Å². The number of ether oxygens (including phenoxy) is 2. The van der Waals surface area contributed by atoms with Crippen LogP contribution in [0.2, 0.25) is 0 Å². The van der Waals surface area contributed by atoms with E-state index in [0.29, 0.717) is 6.61 Å². The van der Waals surface area contributed by atoms with E-state index in [4.69, 9.17) is 25.4 Å². The van der Waals surface area contributed by atoms with Gasteiger partial charge in [-0.05, 0) is 20.8 Å². The molecule has 0 aromatic heterocycles. The fourth-order valence-corrected chi connectivity index (χ4v) is 0.738. The summed E-state index contributed by atoms with van der Waals surface area (Å²) >= 11 is 0. The maximum atomic E-state index is 8.94. The maximum Gasteiger partial charge on any atom is 0.128 e. The molecule has 14 heavy (non-hydrogen) atoms. The normalized spacial score (nSPS) is 20.1. The molecule has 86 valence electrons. The standard InChI is InChI=1S/C9H21NO4/c1-6(11)4-13-7(2)5-14-8(3)9(10)12/h6-9,11-12H,4-5,10H2,1-3H3. The first-order chi connectivity index (χ1) is 6.43. The summed E-state index contributed by atoms with van der Waals surface area (Å²) in [4.78, 5) is 0. The SMILES string of the molecule is CC(O)COC(C)COC(C)C(N)O. The van der Waals surface area contributed by atoms with Crippen molar-refractivity contribution in [3.63, 3.8) is 0 Å². The van der Waals surface area contributed by atoms with Gasteiger partial charge in [0.15, 0.2) is 0 Å². The minimum absolute atomic E-state index is 0.120. The number of hydrogen-bond donors (Lipinski definition) is 3. The second-order valence-electron chi connectivity index (χ2n) is 3.52. The molecular formula is C9H21NO4. The fourth-order valence-electron chi connectivity index (χ4n) is 0.738. The zero-order chi connectivity index (χ0) is 11.1. The molecule has 0 heterocycles. The van der Waals surface area contributed by atoms with Crippen LogP contribution < -0.4 is 5.73 Å². The van der Waals surface area contributed by atoms with Gasteiger partial charge in [0.2, 0.25) is 0 Å². The zero-order valence-corrected chi connectivity index (χ0v) is 9.01. The van der Waals surface area contributed by atoms with Crippen molar-refractivity contribution in [2.24, 2.45) is 5.73 Å². The minimum Gasteiger partial charge on any atom is -0.391 e. The van der Waals surface area contributed by atoms with Gasteiger partial charge < -0.3 is 25.4 Å². The minimum atomic E-state index is -0.973. The third-order valence-corrected chi connectivity index (χ3v) is 1.70.